The maximum atomic E-state index is 13.9. The van der Waals surface area contributed by atoms with Gasteiger partial charge in [0.15, 0.2) is 0 Å². The molecule has 0 aliphatic carbocycles. The zero-order chi connectivity index (χ0) is 38.4. The third kappa shape index (κ3) is 9.64. The summed E-state index contributed by atoms with van der Waals surface area (Å²) in [6.07, 6.45) is 2.41. The fourth-order valence-electron chi connectivity index (χ4n) is 6.13. The van der Waals surface area contributed by atoms with Crippen LogP contribution in [-0.2, 0) is 25.6 Å². The van der Waals surface area contributed by atoms with Crippen LogP contribution >= 0.6 is 22.7 Å². The zero-order valence-corrected chi connectivity index (χ0v) is 32.2. The van der Waals surface area contributed by atoms with Crippen LogP contribution in [0.15, 0.2) is 41.4 Å². The third-order valence-corrected chi connectivity index (χ3v) is 10.8. The van der Waals surface area contributed by atoms with Crippen molar-refractivity contribution >= 4 is 69.0 Å². The minimum Gasteiger partial charge on any atom is -0.361 e. The lowest BCUT2D eigenvalue weighted by atomic mass is 10.0. The highest BCUT2D eigenvalue weighted by atomic mass is 32.1. The van der Waals surface area contributed by atoms with Gasteiger partial charge in [-0.3, -0.25) is 28.8 Å². The molecule has 0 saturated carbocycles. The van der Waals surface area contributed by atoms with Crippen LogP contribution in [0.5, 0.6) is 0 Å². The summed E-state index contributed by atoms with van der Waals surface area (Å²) in [6.45, 7) is 6.66. The standard InChI is InChI=1S/C36H45N9O6S2/c1-20(2)13-26-33-42-28(18-52-33)32(48)41-27(14-23-15-37-25-10-8-7-9-24(23)25)35(50)44(6)16-29(46)39-22(4)34(49)43(5)11-12-45(17-30(47)40-26)36(51)31-21(3)38-19-53-31/h7-10,15,18-20,22,26-27,37H,11-14,16-17H2,1-6H3,(H,39,46)(H,40,47)(H,41,48)/t22-,26-,27+/m0/s1. The van der Waals surface area contributed by atoms with Crippen molar-refractivity contribution in [2.24, 2.45) is 5.92 Å². The summed E-state index contributed by atoms with van der Waals surface area (Å²) in [5.41, 5.74) is 3.82. The molecule has 6 amide bonds. The van der Waals surface area contributed by atoms with E-state index in [1.54, 1.807) is 31.1 Å². The molecule has 1 aromatic carbocycles. The van der Waals surface area contributed by atoms with Crippen LogP contribution in [0.2, 0.25) is 0 Å². The molecule has 0 radical (unpaired) electrons. The molecule has 1 aliphatic heterocycles. The molecule has 53 heavy (non-hydrogen) atoms. The first-order valence-electron chi connectivity index (χ1n) is 17.3. The number of benzene rings is 1. The van der Waals surface area contributed by atoms with Gasteiger partial charge in [-0.05, 0) is 37.8 Å². The number of aromatic amines is 1. The molecule has 0 spiro atoms. The Kier molecular flexibility index (Phi) is 12.6. The number of H-pyrrole nitrogens is 1. The predicted octanol–water partition coefficient (Wildman–Crippen LogP) is 2.51. The first kappa shape index (κ1) is 39.1. The van der Waals surface area contributed by atoms with Gasteiger partial charge in [0.05, 0.1) is 30.3 Å². The Hall–Kier alpha value is -5.16. The van der Waals surface area contributed by atoms with Crippen molar-refractivity contribution in [3.05, 3.63) is 68.2 Å². The van der Waals surface area contributed by atoms with Crippen LogP contribution in [0.1, 0.15) is 69.7 Å². The first-order chi connectivity index (χ1) is 25.2. The molecular weight excluding hydrogens is 719 g/mol. The molecule has 4 N–H and O–H groups in total. The topological polar surface area (TPSA) is 190 Å². The maximum Gasteiger partial charge on any atom is 0.271 e. The summed E-state index contributed by atoms with van der Waals surface area (Å²) >= 11 is 2.37. The molecule has 5 rings (SSSR count). The number of nitrogens with zero attached hydrogens (tertiary/aromatic N) is 5. The van der Waals surface area contributed by atoms with Crippen molar-refractivity contribution in [3.63, 3.8) is 0 Å². The predicted molar refractivity (Wildman–Crippen MR) is 201 cm³/mol. The van der Waals surface area contributed by atoms with E-state index in [1.165, 1.54) is 51.3 Å². The molecule has 17 heteroatoms. The lowest BCUT2D eigenvalue weighted by Gasteiger charge is -2.28. The number of hydrogen-bond donors (Lipinski definition) is 4. The monoisotopic (exact) mass is 763 g/mol. The Labute approximate surface area is 315 Å². The fraction of sp³-hybridized carbons (Fsp3) is 0.444. The lowest BCUT2D eigenvalue weighted by Crippen LogP contribution is -2.53. The molecule has 0 saturated heterocycles. The zero-order valence-electron chi connectivity index (χ0n) is 30.6. The number of carbonyl (C=O) groups excluding carboxylic acids is 6. The van der Waals surface area contributed by atoms with Crippen LogP contribution in [0.4, 0.5) is 0 Å². The Bertz CT molecular complexity index is 1990. The largest absolute Gasteiger partial charge is 0.361 e. The number of amides is 6. The highest BCUT2D eigenvalue weighted by molar-refractivity contribution is 7.11. The van der Waals surface area contributed by atoms with Crippen LogP contribution < -0.4 is 16.0 Å². The number of hydrogen-bond acceptors (Lipinski definition) is 10. The van der Waals surface area contributed by atoms with Crippen molar-refractivity contribution in [1.82, 2.24) is 45.6 Å². The van der Waals surface area contributed by atoms with Gasteiger partial charge in [-0.2, -0.15) is 0 Å². The average molecular weight is 764 g/mol. The Morgan fingerprint density at radius 3 is 2.38 bits per heavy atom. The Morgan fingerprint density at radius 1 is 0.925 bits per heavy atom. The summed E-state index contributed by atoms with van der Waals surface area (Å²) in [5, 5.41) is 11.5. The van der Waals surface area contributed by atoms with Crippen molar-refractivity contribution < 1.29 is 28.8 Å². The molecule has 4 aromatic rings. The van der Waals surface area contributed by atoms with Gasteiger partial charge in [-0.1, -0.05) is 32.0 Å². The van der Waals surface area contributed by atoms with Crippen molar-refractivity contribution in [2.45, 2.75) is 58.7 Å². The SMILES string of the molecule is Cc1ncsc1C(=O)N1CCN(C)C(=O)[C@H](C)NC(=O)CN(C)C(=O)[C@@H](Cc2c[nH]c3ccccc23)NC(=O)c2csc(n2)[C@H](CC(C)C)NC(=O)C1. The number of likely N-dealkylation sites (N-methyl/N-ethyl adjacent to an activating group) is 2. The third-order valence-electron chi connectivity index (χ3n) is 8.95. The maximum absolute atomic E-state index is 13.9. The Balaban J connectivity index is 1.47. The number of para-hydroxylation sites is 1. The number of carbonyl (C=O) groups is 6. The number of fused-ring (bicyclic) bond motifs is 3. The summed E-state index contributed by atoms with van der Waals surface area (Å²) in [5.74, 6) is -2.81. The van der Waals surface area contributed by atoms with E-state index in [-0.39, 0.29) is 44.2 Å². The lowest BCUT2D eigenvalue weighted by molar-refractivity contribution is -0.138. The molecule has 282 valence electrons. The smallest absolute Gasteiger partial charge is 0.271 e. The van der Waals surface area contributed by atoms with E-state index in [1.807, 2.05) is 38.1 Å². The van der Waals surface area contributed by atoms with Gasteiger partial charge in [-0.15, -0.1) is 22.7 Å². The first-order valence-corrected chi connectivity index (χ1v) is 19.1. The minimum atomic E-state index is -1.07. The van der Waals surface area contributed by atoms with E-state index in [4.69, 9.17) is 0 Å². The summed E-state index contributed by atoms with van der Waals surface area (Å²) in [4.78, 5) is 97.7. The molecule has 15 nitrogen and oxygen atoms in total. The molecule has 0 fully saturated rings. The molecule has 2 bridgehead atoms. The summed E-state index contributed by atoms with van der Waals surface area (Å²) in [7, 11) is 3.01. The average Bonchev–Trinajstić information content (AvgIpc) is 3.88. The number of nitrogens with one attached hydrogen (secondary N) is 4. The fourth-order valence-corrected chi connectivity index (χ4v) is 7.77. The van der Waals surface area contributed by atoms with Gasteiger partial charge >= 0.3 is 0 Å². The molecular formula is C36H45N9O6S2. The van der Waals surface area contributed by atoms with Crippen LogP contribution in [0.3, 0.4) is 0 Å². The van der Waals surface area contributed by atoms with Crippen molar-refractivity contribution in [2.75, 3.05) is 40.3 Å². The van der Waals surface area contributed by atoms with Gasteiger partial charge in [0, 0.05) is 56.1 Å². The van der Waals surface area contributed by atoms with E-state index >= 15 is 0 Å². The van der Waals surface area contributed by atoms with Gasteiger partial charge in [0.2, 0.25) is 23.6 Å². The minimum absolute atomic E-state index is 0.0258. The van der Waals surface area contributed by atoms with E-state index in [0.717, 1.165) is 16.5 Å². The van der Waals surface area contributed by atoms with Gasteiger partial charge < -0.3 is 35.6 Å². The molecule has 1 aliphatic rings. The van der Waals surface area contributed by atoms with Gasteiger partial charge in [0.25, 0.3) is 11.8 Å². The van der Waals surface area contributed by atoms with Crippen molar-refractivity contribution in [3.8, 4) is 0 Å². The normalized spacial score (nSPS) is 20.3. The summed E-state index contributed by atoms with van der Waals surface area (Å²) in [6, 6.07) is 5.00. The van der Waals surface area contributed by atoms with Crippen molar-refractivity contribution in [1.29, 1.82) is 0 Å². The van der Waals surface area contributed by atoms with Crippen LogP contribution in [0.25, 0.3) is 10.9 Å². The number of aryl methyl sites for hydroxylation is 1. The van der Waals surface area contributed by atoms with Crippen LogP contribution in [0, 0.1) is 12.8 Å². The number of rotatable bonds is 5. The molecule has 0 unspecified atom stereocenters. The van der Waals surface area contributed by atoms with Crippen LogP contribution in [-0.4, -0.2) is 117 Å². The second-order valence-corrected chi connectivity index (χ2v) is 15.4. The highest BCUT2D eigenvalue weighted by Crippen LogP contribution is 2.26. The van der Waals surface area contributed by atoms with Gasteiger partial charge in [0.1, 0.15) is 27.7 Å². The van der Waals surface area contributed by atoms with E-state index in [0.29, 0.717) is 22.0 Å². The molecule has 3 aromatic heterocycles. The van der Waals surface area contributed by atoms with E-state index in [9.17, 15) is 28.8 Å². The van der Waals surface area contributed by atoms with Gasteiger partial charge in [-0.25, -0.2) is 9.97 Å². The van der Waals surface area contributed by atoms with E-state index < -0.39 is 53.6 Å². The molecule has 3 atom stereocenters. The second-order valence-electron chi connectivity index (χ2n) is 13.6. The highest BCUT2D eigenvalue weighted by Gasteiger charge is 2.31. The number of aromatic nitrogens is 3. The number of thiazole rings is 2. The van der Waals surface area contributed by atoms with E-state index in [2.05, 4.69) is 30.9 Å². The quantitative estimate of drug-likeness (QED) is 0.239. The second kappa shape index (κ2) is 17.1. The Morgan fingerprint density at radius 2 is 1.66 bits per heavy atom. The summed E-state index contributed by atoms with van der Waals surface area (Å²) < 4.78 is 0. The molecule has 4 heterocycles.